The number of methoxy groups -OCH3 is 1. The maximum Gasteiger partial charge on any atom is 0.341 e. The maximum atomic E-state index is 14.3. The molecule has 214 valence electrons. The smallest absolute Gasteiger partial charge is 0.341 e. The number of hydroxylamine groups is 1. The van der Waals surface area contributed by atoms with Gasteiger partial charge in [-0.15, -0.1) is 23.1 Å². The van der Waals surface area contributed by atoms with Gasteiger partial charge in [0, 0.05) is 9.77 Å². The van der Waals surface area contributed by atoms with Crippen molar-refractivity contribution in [3.63, 3.8) is 0 Å². The molecule has 0 saturated carbocycles. The number of fused-ring (bicyclic) bond motifs is 2. The van der Waals surface area contributed by atoms with Crippen LogP contribution in [0, 0.1) is 17.3 Å². The highest BCUT2D eigenvalue weighted by molar-refractivity contribution is 7.98. The number of anilines is 2. The quantitative estimate of drug-likeness (QED) is 0.192. The normalized spacial score (nSPS) is 24.0. The molecule has 3 aliphatic rings. The molecule has 7 nitrogen and oxygen atoms in total. The standard InChI is InChI=1S/C32H34N2O5S2/c1-32(2,3)19-13-16-22-23(17-19)41-30(24(22)31(37)38-4)33-28(35)25-26(18-11-14-21(40-5)15-12-18)34(39-27(25)29(33)36)20-9-7-6-8-10-20/h6-12,14-15,19,25-27H,13,16-17H2,1-5H3/t19-,25-,26+,27+/m0/s1. The lowest BCUT2D eigenvalue weighted by atomic mass is 9.72. The highest BCUT2D eigenvalue weighted by Crippen LogP contribution is 2.51. The van der Waals surface area contributed by atoms with E-state index in [0.717, 1.165) is 39.4 Å². The molecule has 2 aromatic carbocycles. The summed E-state index contributed by atoms with van der Waals surface area (Å²) < 4.78 is 5.18. The Bertz CT molecular complexity index is 1490. The minimum Gasteiger partial charge on any atom is -0.465 e. The van der Waals surface area contributed by atoms with E-state index in [4.69, 9.17) is 9.57 Å². The molecule has 2 aliphatic heterocycles. The molecule has 2 saturated heterocycles. The van der Waals surface area contributed by atoms with E-state index in [2.05, 4.69) is 20.8 Å². The number of amides is 2. The molecule has 1 aliphatic carbocycles. The van der Waals surface area contributed by atoms with Crippen molar-refractivity contribution < 1.29 is 24.0 Å². The molecule has 9 heteroatoms. The number of para-hydroxylation sites is 1. The monoisotopic (exact) mass is 590 g/mol. The Hall–Kier alpha value is -3.14. The van der Waals surface area contributed by atoms with Crippen LogP contribution in [0.25, 0.3) is 0 Å². The number of ether oxygens (including phenoxy) is 1. The molecule has 4 atom stereocenters. The molecule has 41 heavy (non-hydrogen) atoms. The van der Waals surface area contributed by atoms with Gasteiger partial charge in [0.1, 0.15) is 10.9 Å². The first-order valence-corrected chi connectivity index (χ1v) is 15.9. The molecule has 2 amide bonds. The van der Waals surface area contributed by atoms with Crippen molar-refractivity contribution in [1.29, 1.82) is 0 Å². The van der Waals surface area contributed by atoms with Crippen molar-refractivity contribution in [3.05, 3.63) is 76.2 Å². The lowest BCUT2D eigenvalue weighted by Crippen LogP contribution is -2.37. The summed E-state index contributed by atoms with van der Waals surface area (Å²) in [6, 6.07) is 17.0. The van der Waals surface area contributed by atoms with E-state index in [1.165, 1.54) is 23.3 Å². The number of nitrogens with zero attached hydrogens (tertiary/aromatic N) is 2. The Kier molecular flexibility index (Phi) is 7.24. The van der Waals surface area contributed by atoms with Crippen LogP contribution in [0.1, 0.15) is 59.6 Å². The largest absolute Gasteiger partial charge is 0.465 e. The molecular weight excluding hydrogens is 556 g/mol. The van der Waals surface area contributed by atoms with E-state index < -0.39 is 29.9 Å². The third kappa shape index (κ3) is 4.68. The summed E-state index contributed by atoms with van der Waals surface area (Å²) in [7, 11) is 1.34. The average Bonchev–Trinajstić information content (AvgIpc) is 3.62. The maximum absolute atomic E-state index is 14.3. The zero-order valence-electron chi connectivity index (χ0n) is 23.9. The molecule has 3 aromatic rings. The van der Waals surface area contributed by atoms with E-state index in [1.807, 2.05) is 60.9 Å². The van der Waals surface area contributed by atoms with Gasteiger partial charge in [0.2, 0.25) is 5.91 Å². The fourth-order valence-corrected chi connectivity index (χ4v) is 8.17. The highest BCUT2D eigenvalue weighted by atomic mass is 32.2. The molecule has 3 heterocycles. The van der Waals surface area contributed by atoms with Crippen LogP contribution < -0.4 is 9.96 Å². The number of hydrogen-bond acceptors (Lipinski definition) is 8. The summed E-state index contributed by atoms with van der Waals surface area (Å²) in [5, 5.41) is 2.07. The lowest BCUT2D eigenvalue weighted by Gasteiger charge is -2.33. The van der Waals surface area contributed by atoms with Crippen molar-refractivity contribution in [3.8, 4) is 0 Å². The molecule has 1 aromatic heterocycles. The van der Waals surface area contributed by atoms with Crippen molar-refractivity contribution in [1.82, 2.24) is 0 Å². The Morgan fingerprint density at radius 1 is 1.05 bits per heavy atom. The van der Waals surface area contributed by atoms with Gasteiger partial charge in [0.05, 0.1) is 24.4 Å². The number of carbonyl (C=O) groups is 3. The summed E-state index contributed by atoms with van der Waals surface area (Å²) in [6.45, 7) is 6.69. The van der Waals surface area contributed by atoms with E-state index in [1.54, 1.807) is 16.8 Å². The van der Waals surface area contributed by atoms with Crippen LogP contribution in [0.3, 0.4) is 0 Å². The van der Waals surface area contributed by atoms with Gasteiger partial charge in [0.25, 0.3) is 5.91 Å². The van der Waals surface area contributed by atoms with Crippen LogP contribution in [0.2, 0.25) is 0 Å². The second-order valence-electron chi connectivity index (χ2n) is 11.9. The first-order chi connectivity index (χ1) is 19.6. The van der Waals surface area contributed by atoms with Gasteiger partial charge in [-0.05, 0) is 72.2 Å². The number of rotatable bonds is 5. The fraction of sp³-hybridized carbons (Fsp3) is 0.406. The van der Waals surface area contributed by atoms with Crippen LogP contribution in [0.15, 0.2) is 59.5 Å². The third-order valence-electron chi connectivity index (χ3n) is 8.65. The minimum absolute atomic E-state index is 0.109. The van der Waals surface area contributed by atoms with Crippen molar-refractivity contribution >= 4 is 51.6 Å². The Morgan fingerprint density at radius 2 is 1.76 bits per heavy atom. The lowest BCUT2D eigenvalue weighted by molar-refractivity contribution is -0.126. The van der Waals surface area contributed by atoms with Crippen molar-refractivity contribution in [2.24, 2.45) is 17.3 Å². The van der Waals surface area contributed by atoms with Gasteiger partial charge < -0.3 is 4.74 Å². The van der Waals surface area contributed by atoms with Gasteiger partial charge in [-0.3, -0.25) is 14.4 Å². The SMILES string of the molecule is COC(=O)c1c(N2C(=O)[C@H]3[C@@H](c4ccc(SC)cc4)N(c4ccccc4)O[C@H]3C2=O)sc2c1CC[C@H](C(C)(C)C)C2. The van der Waals surface area contributed by atoms with Crippen LogP contribution in [0.4, 0.5) is 10.7 Å². The first kappa shape index (κ1) is 28.0. The first-order valence-electron chi connectivity index (χ1n) is 13.9. The number of thioether (sulfide) groups is 1. The number of imide groups is 1. The van der Waals surface area contributed by atoms with Gasteiger partial charge >= 0.3 is 5.97 Å². The van der Waals surface area contributed by atoms with E-state index in [0.29, 0.717) is 22.9 Å². The Morgan fingerprint density at radius 3 is 2.39 bits per heavy atom. The van der Waals surface area contributed by atoms with Crippen LogP contribution in [0.5, 0.6) is 0 Å². The summed E-state index contributed by atoms with van der Waals surface area (Å²) in [4.78, 5) is 51.2. The van der Waals surface area contributed by atoms with E-state index >= 15 is 0 Å². The molecular formula is C32H34N2O5S2. The summed E-state index contributed by atoms with van der Waals surface area (Å²) in [5.41, 5.74) is 3.02. The van der Waals surface area contributed by atoms with Gasteiger partial charge in [0.15, 0.2) is 6.10 Å². The molecule has 6 rings (SSSR count). The van der Waals surface area contributed by atoms with Gasteiger partial charge in [-0.2, -0.15) is 0 Å². The van der Waals surface area contributed by atoms with Crippen LogP contribution in [-0.2, 0) is 32.0 Å². The predicted molar refractivity (Wildman–Crippen MR) is 161 cm³/mol. The predicted octanol–water partition coefficient (Wildman–Crippen LogP) is 6.46. The molecule has 0 spiro atoms. The number of esters is 1. The Labute approximate surface area is 248 Å². The number of hydrogen-bond donors (Lipinski definition) is 0. The molecule has 0 bridgehead atoms. The third-order valence-corrected chi connectivity index (χ3v) is 10.6. The zero-order valence-corrected chi connectivity index (χ0v) is 25.5. The minimum atomic E-state index is -1.00. The highest BCUT2D eigenvalue weighted by Gasteiger charge is 2.61. The second kappa shape index (κ2) is 10.6. The van der Waals surface area contributed by atoms with E-state index in [9.17, 15) is 14.4 Å². The summed E-state index contributed by atoms with van der Waals surface area (Å²) in [6.07, 6.45) is 3.47. The summed E-state index contributed by atoms with van der Waals surface area (Å²) >= 11 is 3.02. The van der Waals surface area contributed by atoms with Crippen molar-refractivity contribution in [2.75, 3.05) is 23.3 Å². The molecule has 0 radical (unpaired) electrons. The van der Waals surface area contributed by atoms with Crippen LogP contribution >= 0.6 is 23.1 Å². The number of benzene rings is 2. The van der Waals surface area contributed by atoms with Gasteiger partial charge in [-0.25, -0.2) is 14.8 Å². The number of thiophene rings is 1. The topological polar surface area (TPSA) is 76.2 Å². The second-order valence-corrected chi connectivity index (χ2v) is 13.9. The fourth-order valence-electron chi connectivity index (χ4n) is 6.33. The molecule has 0 N–H and O–H groups in total. The Balaban J connectivity index is 1.42. The van der Waals surface area contributed by atoms with Crippen LogP contribution in [-0.4, -0.2) is 37.3 Å². The van der Waals surface area contributed by atoms with E-state index in [-0.39, 0.29) is 11.3 Å². The summed E-state index contributed by atoms with van der Waals surface area (Å²) in [5.74, 6) is -1.64. The number of carbonyl (C=O) groups excluding carboxylic acids is 3. The van der Waals surface area contributed by atoms with Gasteiger partial charge in [-0.1, -0.05) is 51.1 Å². The molecule has 2 fully saturated rings. The zero-order chi connectivity index (χ0) is 29.1. The van der Waals surface area contributed by atoms with Crippen molar-refractivity contribution in [2.45, 2.75) is 57.1 Å². The average molecular weight is 591 g/mol. The molecule has 0 unspecified atom stereocenters.